The molecule has 0 aromatic heterocycles. The smallest absolute Gasteiger partial charge is 0.249 e. The van der Waals surface area contributed by atoms with Gasteiger partial charge in [-0.25, -0.2) is 0 Å². The molecule has 2 aromatic rings. The lowest BCUT2D eigenvalue weighted by Crippen LogP contribution is -2.55. The van der Waals surface area contributed by atoms with Gasteiger partial charge in [0.1, 0.15) is 19.0 Å². The van der Waals surface area contributed by atoms with E-state index in [9.17, 15) is 4.79 Å². The first-order valence-electron chi connectivity index (χ1n) is 11.2. The van der Waals surface area contributed by atoms with E-state index in [0.717, 1.165) is 49.4 Å². The van der Waals surface area contributed by atoms with Gasteiger partial charge < -0.3 is 19.1 Å². The van der Waals surface area contributed by atoms with Gasteiger partial charge in [0.2, 0.25) is 5.91 Å². The summed E-state index contributed by atoms with van der Waals surface area (Å²) in [6.45, 7) is 4.37. The Bertz CT molecular complexity index is 895. The van der Waals surface area contributed by atoms with Crippen LogP contribution in [0.3, 0.4) is 0 Å². The number of methoxy groups -OCH3 is 1. The monoisotopic (exact) mass is 458 g/mol. The second kappa shape index (κ2) is 11.1. The molecule has 2 saturated heterocycles. The van der Waals surface area contributed by atoms with Gasteiger partial charge in [0.05, 0.1) is 18.8 Å². The fraction of sp³-hybridized carbons (Fsp3) is 0.480. The summed E-state index contributed by atoms with van der Waals surface area (Å²) >= 11 is 6.32. The van der Waals surface area contributed by atoms with Crippen molar-refractivity contribution in [2.24, 2.45) is 0 Å². The van der Waals surface area contributed by atoms with E-state index in [-0.39, 0.29) is 24.7 Å². The summed E-state index contributed by atoms with van der Waals surface area (Å²) < 4.78 is 17.3. The highest BCUT2D eigenvalue weighted by atomic mass is 35.5. The van der Waals surface area contributed by atoms with Crippen molar-refractivity contribution in [3.8, 4) is 5.75 Å². The molecule has 172 valence electrons. The summed E-state index contributed by atoms with van der Waals surface area (Å²) in [6, 6.07) is 16.1. The van der Waals surface area contributed by atoms with Crippen LogP contribution >= 0.6 is 11.6 Å². The highest BCUT2D eigenvalue weighted by Crippen LogP contribution is 2.29. The van der Waals surface area contributed by atoms with Gasteiger partial charge in [-0.2, -0.15) is 0 Å². The SMILES string of the molecule is COCCN1C(=O)CO[C@H]2CCN(Cc3cc(Cl)ccc3OCc3ccccc3)CC[C@@H]21. The Hall–Kier alpha value is -2.12. The molecule has 4 rings (SSSR count). The molecule has 2 aliphatic rings. The lowest BCUT2D eigenvalue weighted by molar-refractivity contribution is -0.158. The third-order valence-corrected chi connectivity index (χ3v) is 6.47. The normalized spacial score (nSPS) is 21.8. The molecule has 2 aromatic carbocycles. The van der Waals surface area contributed by atoms with Crippen molar-refractivity contribution in [2.75, 3.05) is 40.0 Å². The van der Waals surface area contributed by atoms with Gasteiger partial charge in [-0.1, -0.05) is 41.9 Å². The van der Waals surface area contributed by atoms with Crippen LogP contribution in [0.25, 0.3) is 0 Å². The van der Waals surface area contributed by atoms with Crippen LogP contribution in [-0.2, 0) is 27.4 Å². The zero-order valence-corrected chi connectivity index (χ0v) is 19.3. The highest BCUT2D eigenvalue weighted by Gasteiger charge is 2.38. The quantitative estimate of drug-likeness (QED) is 0.603. The molecule has 0 radical (unpaired) electrons. The number of ether oxygens (including phenoxy) is 3. The molecule has 2 aliphatic heterocycles. The lowest BCUT2D eigenvalue weighted by Gasteiger charge is -2.40. The van der Waals surface area contributed by atoms with E-state index < -0.39 is 0 Å². The van der Waals surface area contributed by atoms with Crippen molar-refractivity contribution in [1.82, 2.24) is 9.80 Å². The van der Waals surface area contributed by atoms with Gasteiger partial charge in [0.15, 0.2) is 0 Å². The molecule has 0 bridgehead atoms. The van der Waals surface area contributed by atoms with Crippen LogP contribution in [0, 0.1) is 0 Å². The molecule has 0 N–H and O–H groups in total. The van der Waals surface area contributed by atoms with Crippen molar-refractivity contribution in [3.63, 3.8) is 0 Å². The first-order chi connectivity index (χ1) is 15.6. The maximum Gasteiger partial charge on any atom is 0.249 e. The van der Waals surface area contributed by atoms with Crippen LogP contribution in [0.15, 0.2) is 48.5 Å². The van der Waals surface area contributed by atoms with Crippen molar-refractivity contribution >= 4 is 17.5 Å². The van der Waals surface area contributed by atoms with Crippen LogP contribution in [0.4, 0.5) is 0 Å². The second-order valence-electron chi connectivity index (χ2n) is 8.38. The number of rotatable bonds is 8. The van der Waals surface area contributed by atoms with Crippen molar-refractivity contribution in [3.05, 3.63) is 64.7 Å². The zero-order chi connectivity index (χ0) is 22.3. The molecule has 0 spiro atoms. The summed E-state index contributed by atoms with van der Waals surface area (Å²) in [5.41, 5.74) is 2.21. The van der Waals surface area contributed by atoms with Gasteiger partial charge in [0.25, 0.3) is 0 Å². The van der Waals surface area contributed by atoms with E-state index in [0.29, 0.717) is 24.8 Å². The minimum atomic E-state index is 0.0585. The molecule has 2 heterocycles. The van der Waals surface area contributed by atoms with Gasteiger partial charge in [-0.15, -0.1) is 0 Å². The standard InChI is InChI=1S/C25H31ClN2O4/c1-30-14-13-28-22-9-11-27(12-10-24(22)32-18-25(28)29)16-20-15-21(26)7-8-23(20)31-17-19-5-3-2-4-6-19/h2-8,15,22,24H,9-14,16-18H2,1H3/t22-,24-/m0/s1. The molecule has 6 nitrogen and oxygen atoms in total. The number of halogens is 1. The Morgan fingerprint density at radius 1 is 1.12 bits per heavy atom. The van der Waals surface area contributed by atoms with Crippen LogP contribution in [0.1, 0.15) is 24.0 Å². The molecule has 2 atom stereocenters. The summed E-state index contributed by atoms with van der Waals surface area (Å²) in [5.74, 6) is 0.913. The fourth-order valence-corrected chi connectivity index (χ4v) is 4.73. The number of carbonyl (C=O) groups is 1. The average molecular weight is 459 g/mol. The molecule has 7 heteroatoms. The fourth-order valence-electron chi connectivity index (χ4n) is 4.54. The number of amides is 1. The predicted octanol–water partition coefficient (Wildman–Crippen LogP) is 3.76. The topological polar surface area (TPSA) is 51.2 Å². The number of hydrogen-bond acceptors (Lipinski definition) is 5. The minimum Gasteiger partial charge on any atom is -0.489 e. The average Bonchev–Trinajstić information content (AvgIpc) is 3.01. The van der Waals surface area contributed by atoms with Crippen LogP contribution in [0.5, 0.6) is 5.75 Å². The predicted molar refractivity (Wildman–Crippen MR) is 124 cm³/mol. The Labute approximate surface area is 195 Å². The lowest BCUT2D eigenvalue weighted by atomic mass is 10.0. The summed E-state index contributed by atoms with van der Waals surface area (Å²) in [5, 5.41) is 0.704. The number of morpholine rings is 1. The number of hydrogen-bond donors (Lipinski definition) is 0. The van der Waals surface area contributed by atoms with Crippen molar-refractivity contribution in [2.45, 2.75) is 38.1 Å². The maximum atomic E-state index is 12.4. The van der Waals surface area contributed by atoms with Gasteiger partial charge in [-0.3, -0.25) is 9.69 Å². The highest BCUT2D eigenvalue weighted by molar-refractivity contribution is 6.30. The number of likely N-dealkylation sites (tertiary alicyclic amines) is 1. The number of carbonyl (C=O) groups excluding carboxylic acids is 1. The summed E-state index contributed by atoms with van der Waals surface area (Å²) in [4.78, 5) is 16.8. The molecule has 0 saturated carbocycles. The van der Waals surface area contributed by atoms with E-state index in [1.807, 2.05) is 41.3 Å². The second-order valence-corrected chi connectivity index (χ2v) is 8.81. The molecule has 1 amide bonds. The largest absolute Gasteiger partial charge is 0.489 e. The first-order valence-corrected chi connectivity index (χ1v) is 11.6. The third kappa shape index (κ3) is 5.81. The summed E-state index contributed by atoms with van der Waals surface area (Å²) in [7, 11) is 1.67. The third-order valence-electron chi connectivity index (χ3n) is 6.23. The Balaban J connectivity index is 1.42. The van der Waals surface area contributed by atoms with Crippen molar-refractivity contribution in [1.29, 1.82) is 0 Å². The van der Waals surface area contributed by atoms with E-state index in [4.69, 9.17) is 25.8 Å². The van der Waals surface area contributed by atoms with Crippen LogP contribution < -0.4 is 4.74 Å². The van der Waals surface area contributed by atoms with Gasteiger partial charge in [0, 0.05) is 43.9 Å². The van der Waals surface area contributed by atoms with E-state index in [1.165, 1.54) is 0 Å². The maximum absolute atomic E-state index is 12.4. The molecule has 2 fully saturated rings. The van der Waals surface area contributed by atoms with E-state index in [1.54, 1.807) is 7.11 Å². The number of benzene rings is 2. The van der Waals surface area contributed by atoms with Gasteiger partial charge >= 0.3 is 0 Å². The Kier molecular flexibility index (Phi) is 8.03. The zero-order valence-electron chi connectivity index (χ0n) is 18.5. The number of fused-ring (bicyclic) bond motifs is 1. The molecule has 0 aliphatic carbocycles. The summed E-state index contributed by atoms with van der Waals surface area (Å²) in [6.07, 6.45) is 1.84. The molecule has 32 heavy (non-hydrogen) atoms. The Morgan fingerprint density at radius 2 is 1.94 bits per heavy atom. The van der Waals surface area contributed by atoms with Crippen LogP contribution in [0.2, 0.25) is 5.02 Å². The Morgan fingerprint density at radius 3 is 2.75 bits per heavy atom. The van der Waals surface area contributed by atoms with Crippen LogP contribution in [-0.4, -0.2) is 67.8 Å². The minimum absolute atomic E-state index is 0.0585. The van der Waals surface area contributed by atoms with Crippen molar-refractivity contribution < 1.29 is 19.0 Å². The van der Waals surface area contributed by atoms with Gasteiger partial charge in [-0.05, 0) is 36.6 Å². The van der Waals surface area contributed by atoms with E-state index >= 15 is 0 Å². The van der Waals surface area contributed by atoms with E-state index in [2.05, 4.69) is 17.0 Å². The molecular weight excluding hydrogens is 428 g/mol. The molecular formula is C25H31ClN2O4. The first kappa shape index (κ1) is 23.1. The number of nitrogens with zero attached hydrogens (tertiary/aromatic N) is 2. The molecule has 0 unspecified atom stereocenters.